The van der Waals surface area contributed by atoms with E-state index in [2.05, 4.69) is 28.1 Å². The fourth-order valence-corrected chi connectivity index (χ4v) is 2.30. The van der Waals surface area contributed by atoms with Crippen LogP contribution in [0.4, 0.5) is 0 Å². The first-order valence-electron chi connectivity index (χ1n) is 4.62. The van der Waals surface area contributed by atoms with Gasteiger partial charge in [-0.2, -0.15) is 0 Å². The van der Waals surface area contributed by atoms with Gasteiger partial charge in [0, 0.05) is 18.5 Å². The standard InChI is InChI=1S/C10H17BrO/c1-2-12-8-7-10(9-11)5-3-4-6-10/h3-4H,2,5-9H2,1H3. The molecule has 0 saturated heterocycles. The highest BCUT2D eigenvalue weighted by Crippen LogP contribution is 2.38. The molecule has 0 aromatic rings. The van der Waals surface area contributed by atoms with Crippen molar-refractivity contribution in [2.75, 3.05) is 18.5 Å². The lowest BCUT2D eigenvalue weighted by molar-refractivity contribution is 0.114. The van der Waals surface area contributed by atoms with E-state index in [-0.39, 0.29) is 0 Å². The highest BCUT2D eigenvalue weighted by molar-refractivity contribution is 9.09. The summed E-state index contributed by atoms with van der Waals surface area (Å²) in [4.78, 5) is 0. The highest BCUT2D eigenvalue weighted by Gasteiger charge is 2.28. The van der Waals surface area contributed by atoms with Gasteiger partial charge in [-0.1, -0.05) is 28.1 Å². The van der Waals surface area contributed by atoms with Crippen molar-refractivity contribution in [3.63, 3.8) is 0 Å². The van der Waals surface area contributed by atoms with Crippen LogP contribution in [0.5, 0.6) is 0 Å². The van der Waals surface area contributed by atoms with Crippen molar-refractivity contribution in [3.05, 3.63) is 12.2 Å². The number of rotatable bonds is 5. The average molecular weight is 233 g/mol. The summed E-state index contributed by atoms with van der Waals surface area (Å²) in [6.07, 6.45) is 8.18. The zero-order chi connectivity index (χ0) is 8.86. The topological polar surface area (TPSA) is 9.23 Å². The van der Waals surface area contributed by atoms with Crippen LogP contribution in [0.25, 0.3) is 0 Å². The molecule has 0 unspecified atom stereocenters. The average Bonchev–Trinajstić information content (AvgIpc) is 2.55. The predicted molar refractivity (Wildman–Crippen MR) is 55.7 cm³/mol. The number of allylic oxidation sites excluding steroid dienone is 2. The van der Waals surface area contributed by atoms with Gasteiger partial charge in [-0.3, -0.25) is 0 Å². The predicted octanol–water partition coefficient (Wildman–Crippen LogP) is 3.14. The zero-order valence-corrected chi connectivity index (χ0v) is 9.27. The van der Waals surface area contributed by atoms with Gasteiger partial charge in [-0.05, 0) is 31.6 Å². The van der Waals surface area contributed by atoms with E-state index in [1.54, 1.807) is 0 Å². The Morgan fingerprint density at radius 2 is 2.08 bits per heavy atom. The third kappa shape index (κ3) is 2.60. The van der Waals surface area contributed by atoms with Gasteiger partial charge >= 0.3 is 0 Å². The molecule has 0 bridgehead atoms. The van der Waals surface area contributed by atoms with Crippen LogP contribution in [0.15, 0.2) is 12.2 Å². The van der Waals surface area contributed by atoms with Crippen molar-refractivity contribution in [1.29, 1.82) is 0 Å². The fraction of sp³-hybridized carbons (Fsp3) is 0.800. The van der Waals surface area contributed by atoms with Gasteiger partial charge in [-0.15, -0.1) is 0 Å². The fourth-order valence-electron chi connectivity index (χ4n) is 1.56. The van der Waals surface area contributed by atoms with Crippen molar-refractivity contribution >= 4 is 15.9 Å². The van der Waals surface area contributed by atoms with E-state index < -0.39 is 0 Å². The van der Waals surface area contributed by atoms with E-state index >= 15 is 0 Å². The number of hydrogen-bond donors (Lipinski definition) is 0. The summed E-state index contributed by atoms with van der Waals surface area (Å²) in [6.45, 7) is 3.79. The molecule has 0 radical (unpaired) electrons. The Morgan fingerprint density at radius 1 is 1.42 bits per heavy atom. The lowest BCUT2D eigenvalue weighted by Gasteiger charge is -2.26. The lowest BCUT2D eigenvalue weighted by Crippen LogP contribution is -2.21. The van der Waals surface area contributed by atoms with Gasteiger partial charge in [-0.25, -0.2) is 0 Å². The first-order valence-corrected chi connectivity index (χ1v) is 5.74. The number of hydrogen-bond acceptors (Lipinski definition) is 1. The van der Waals surface area contributed by atoms with Crippen molar-refractivity contribution < 1.29 is 4.74 Å². The molecule has 0 N–H and O–H groups in total. The van der Waals surface area contributed by atoms with Gasteiger partial charge in [0.1, 0.15) is 0 Å². The summed E-state index contributed by atoms with van der Waals surface area (Å²) in [6, 6.07) is 0. The Bertz CT molecular complexity index is 146. The first-order chi connectivity index (χ1) is 5.83. The molecule has 2 heteroatoms. The molecule has 0 spiro atoms. The molecule has 0 heterocycles. The van der Waals surface area contributed by atoms with Gasteiger partial charge in [0.15, 0.2) is 0 Å². The quantitative estimate of drug-likeness (QED) is 0.402. The maximum absolute atomic E-state index is 5.37. The Hall–Kier alpha value is 0.180. The van der Waals surface area contributed by atoms with Gasteiger partial charge < -0.3 is 4.74 Å². The smallest absolute Gasteiger partial charge is 0.0471 e. The molecular weight excluding hydrogens is 216 g/mol. The Balaban J connectivity index is 2.25. The van der Waals surface area contributed by atoms with Gasteiger partial charge in [0.2, 0.25) is 0 Å². The second-order valence-electron chi connectivity index (χ2n) is 3.46. The summed E-state index contributed by atoms with van der Waals surface area (Å²) in [5.41, 5.74) is 0.467. The molecule has 0 aromatic carbocycles. The van der Waals surface area contributed by atoms with Crippen LogP contribution < -0.4 is 0 Å². The van der Waals surface area contributed by atoms with Crippen LogP contribution in [0, 0.1) is 5.41 Å². The van der Waals surface area contributed by atoms with E-state index in [9.17, 15) is 0 Å². The van der Waals surface area contributed by atoms with Gasteiger partial charge in [0.05, 0.1) is 0 Å². The molecular formula is C10H17BrO. The number of alkyl halides is 1. The van der Waals surface area contributed by atoms with E-state index in [1.807, 2.05) is 6.92 Å². The molecule has 0 aliphatic heterocycles. The summed E-state index contributed by atoms with van der Waals surface area (Å²) < 4.78 is 5.37. The lowest BCUT2D eigenvalue weighted by atomic mass is 9.85. The van der Waals surface area contributed by atoms with Crippen LogP contribution in [-0.4, -0.2) is 18.5 Å². The van der Waals surface area contributed by atoms with E-state index in [1.165, 1.54) is 19.3 Å². The number of halogens is 1. The molecule has 70 valence electrons. The molecule has 0 saturated carbocycles. The third-order valence-corrected chi connectivity index (χ3v) is 3.72. The van der Waals surface area contributed by atoms with Crippen LogP contribution in [0.3, 0.4) is 0 Å². The normalized spacial score (nSPS) is 20.2. The van der Waals surface area contributed by atoms with Crippen molar-refractivity contribution in [3.8, 4) is 0 Å². The maximum Gasteiger partial charge on any atom is 0.0471 e. The second kappa shape index (κ2) is 5.03. The minimum atomic E-state index is 0.467. The summed E-state index contributed by atoms with van der Waals surface area (Å²) >= 11 is 3.59. The minimum Gasteiger partial charge on any atom is -0.382 e. The molecule has 1 nitrogen and oxygen atoms in total. The molecule has 0 fully saturated rings. The molecule has 12 heavy (non-hydrogen) atoms. The first kappa shape index (κ1) is 10.3. The van der Waals surface area contributed by atoms with E-state index in [4.69, 9.17) is 4.74 Å². The highest BCUT2D eigenvalue weighted by atomic mass is 79.9. The van der Waals surface area contributed by atoms with Crippen LogP contribution in [-0.2, 0) is 4.74 Å². The van der Waals surface area contributed by atoms with Crippen LogP contribution in [0.2, 0.25) is 0 Å². The number of ether oxygens (including phenoxy) is 1. The largest absolute Gasteiger partial charge is 0.382 e. The molecule has 0 aromatic heterocycles. The van der Waals surface area contributed by atoms with Gasteiger partial charge in [0.25, 0.3) is 0 Å². The summed E-state index contributed by atoms with van der Waals surface area (Å²) in [5, 5.41) is 1.10. The van der Waals surface area contributed by atoms with Crippen LogP contribution in [0.1, 0.15) is 26.2 Å². The Labute approximate surface area is 83.3 Å². The zero-order valence-electron chi connectivity index (χ0n) is 7.68. The molecule has 1 aliphatic rings. The minimum absolute atomic E-state index is 0.467. The van der Waals surface area contributed by atoms with Crippen LogP contribution >= 0.6 is 15.9 Å². The second-order valence-corrected chi connectivity index (χ2v) is 4.02. The summed E-state index contributed by atoms with van der Waals surface area (Å²) in [5.74, 6) is 0. The SMILES string of the molecule is CCOCCC1(CBr)CC=CC1. The molecule has 1 rings (SSSR count). The Morgan fingerprint density at radius 3 is 2.58 bits per heavy atom. The maximum atomic E-state index is 5.37. The molecule has 1 aliphatic carbocycles. The van der Waals surface area contributed by atoms with Crippen molar-refractivity contribution in [1.82, 2.24) is 0 Å². The Kier molecular flexibility index (Phi) is 4.30. The van der Waals surface area contributed by atoms with Crippen molar-refractivity contribution in [2.24, 2.45) is 5.41 Å². The van der Waals surface area contributed by atoms with Crippen molar-refractivity contribution in [2.45, 2.75) is 26.2 Å². The monoisotopic (exact) mass is 232 g/mol. The summed E-state index contributed by atoms with van der Waals surface area (Å²) in [7, 11) is 0. The van der Waals surface area contributed by atoms with E-state index in [0.717, 1.165) is 18.5 Å². The van der Waals surface area contributed by atoms with E-state index in [0.29, 0.717) is 5.41 Å². The third-order valence-electron chi connectivity index (χ3n) is 2.53. The molecule has 0 amide bonds. The molecule has 0 atom stereocenters.